The minimum atomic E-state index is -3.98. The molecule has 0 saturated heterocycles. The number of carbonyl (C=O) groups excluding carboxylic acids is 1. The first-order chi connectivity index (χ1) is 15.1. The Morgan fingerprint density at radius 2 is 1.53 bits per heavy atom. The molecular formula is C25H27ClN2O3S. The zero-order valence-corrected chi connectivity index (χ0v) is 20.2. The molecule has 0 radical (unpaired) electrons. The lowest BCUT2D eigenvalue weighted by atomic mass is 10.0. The van der Waals surface area contributed by atoms with Gasteiger partial charge in [-0.25, -0.2) is 8.42 Å². The first kappa shape index (κ1) is 23.8. The van der Waals surface area contributed by atoms with E-state index in [1.807, 2.05) is 52.0 Å². The highest BCUT2D eigenvalue weighted by Crippen LogP contribution is 2.25. The highest BCUT2D eigenvalue weighted by atomic mass is 35.5. The molecule has 1 N–H and O–H groups in total. The molecule has 5 nitrogen and oxygen atoms in total. The van der Waals surface area contributed by atoms with Crippen LogP contribution in [0.1, 0.15) is 35.2 Å². The van der Waals surface area contributed by atoms with Gasteiger partial charge < -0.3 is 5.32 Å². The molecule has 1 amide bonds. The Bertz CT molecular complexity index is 1210. The van der Waals surface area contributed by atoms with E-state index in [1.165, 1.54) is 24.3 Å². The second-order valence-corrected chi connectivity index (χ2v) is 10.2. The van der Waals surface area contributed by atoms with E-state index in [2.05, 4.69) is 11.4 Å². The number of aryl methyl sites for hydroxylation is 3. The predicted molar refractivity (Wildman–Crippen MR) is 130 cm³/mol. The van der Waals surface area contributed by atoms with Crippen molar-refractivity contribution in [3.05, 3.63) is 94.0 Å². The molecule has 7 heteroatoms. The molecular weight excluding hydrogens is 444 g/mol. The van der Waals surface area contributed by atoms with Crippen LogP contribution in [0.4, 0.5) is 5.69 Å². The molecule has 168 valence electrons. The van der Waals surface area contributed by atoms with Crippen molar-refractivity contribution in [2.75, 3.05) is 10.8 Å². The number of hydrogen-bond acceptors (Lipinski definition) is 3. The Labute approximate surface area is 195 Å². The van der Waals surface area contributed by atoms with Crippen LogP contribution in [0.15, 0.2) is 71.6 Å². The van der Waals surface area contributed by atoms with Gasteiger partial charge in [0.05, 0.1) is 16.6 Å². The Morgan fingerprint density at radius 1 is 0.938 bits per heavy atom. The Balaban J connectivity index is 1.89. The van der Waals surface area contributed by atoms with Gasteiger partial charge in [-0.2, -0.15) is 0 Å². The van der Waals surface area contributed by atoms with Gasteiger partial charge in [0.1, 0.15) is 6.54 Å². The summed E-state index contributed by atoms with van der Waals surface area (Å²) in [6.07, 6.45) is 0. The van der Waals surface area contributed by atoms with Gasteiger partial charge in [-0.05, 0) is 75.2 Å². The Morgan fingerprint density at radius 3 is 2.12 bits per heavy atom. The zero-order chi connectivity index (χ0) is 23.5. The van der Waals surface area contributed by atoms with Crippen molar-refractivity contribution in [1.82, 2.24) is 5.32 Å². The SMILES string of the molecule is Cc1ccc(N(CC(=O)N[C@H](C)c2ccc(C)cc2C)S(=O)(=O)c2ccc(Cl)cc2)cc1. The number of anilines is 1. The third-order valence-corrected chi connectivity index (χ3v) is 7.32. The first-order valence-corrected chi connectivity index (χ1v) is 12.1. The van der Waals surface area contributed by atoms with Gasteiger partial charge in [-0.15, -0.1) is 0 Å². The molecule has 0 heterocycles. The number of amides is 1. The summed E-state index contributed by atoms with van der Waals surface area (Å²) in [6, 6.07) is 18.7. The highest BCUT2D eigenvalue weighted by Gasteiger charge is 2.28. The fourth-order valence-corrected chi connectivity index (χ4v) is 5.11. The van der Waals surface area contributed by atoms with Crippen molar-refractivity contribution in [3.63, 3.8) is 0 Å². The van der Waals surface area contributed by atoms with Crippen molar-refractivity contribution >= 4 is 33.2 Å². The number of nitrogens with zero attached hydrogens (tertiary/aromatic N) is 1. The zero-order valence-electron chi connectivity index (χ0n) is 18.6. The van der Waals surface area contributed by atoms with Gasteiger partial charge in [-0.3, -0.25) is 9.10 Å². The molecule has 0 aromatic heterocycles. The van der Waals surface area contributed by atoms with Crippen LogP contribution < -0.4 is 9.62 Å². The first-order valence-electron chi connectivity index (χ1n) is 10.3. The molecule has 0 unspecified atom stereocenters. The fourth-order valence-electron chi connectivity index (χ4n) is 3.57. The van der Waals surface area contributed by atoms with E-state index in [1.54, 1.807) is 12.1 Å². The van der Waals surface area contributed by atoms with Gasteiger partial charge in [0.25, 0.3) is 10.0 Å². The molecule has 3 aromatic carbocycles. The standard InChI is InChI=1S/C25H27ClN2O3S/c1-17-5-10-22(11-6-17)28(32(30,31)23-12-8-21(26)9-13-23)16-25(29)27-20(4)24-14-7-18(2)15-19(24)3/h5-15,20H,16H2,1-4H3,(H,27,29)/t20-/m1/s1. The molecule has 0 aliphatic rings. The van der Waals surface area contributed by atoms with Crippen LogP contribution in [0.25, 0.3) is 0 Å². The van der Waals surface area contributed by atoms with Crippen molar-refractivity contribution in [3.8, 4) is 0 Å². The number of benzene rings is 3. The lowest BCUT2D eigenvalue weighted by Crippen LogP contribution is -2.41. The Kier molecular flexibility index (Phi) is 7.26. The summed E-state index contributed by atoms with van der Waals surface area (Å²) >= 11 is 5.93. The number of hydrogen-bond donors (Lipinski definition) is 1. The summed E-state index contributed by atoms with van der Waals surface area (Å²) in [5, 5.41) is 3.37. The lowest BCUT2D eigenvalue weighted by Gasteiger charge is -2.25. The molecule has 0 spiro atoms. The van der Waals surface area contributed by atoms with E-state index >= 15 is 0 Å². The van der Waals surface area contributed by atoms with Crippen LogP contribution in [0.5, 0.6) is 0 Å². The topological polar surface area (TPSA) is 66.5 Å². The molecule has 1 atom stereocenters. The smallest absolute Gasteiger partial charge is 0.264 e. The molecule has 0 aliphatic carbocycles. The summed E-state index contributed by atoms with van der Waals surface area (Å²) in [5.41, 5.74) is 4.61. The van der Waals surface area contributed by atoms with Crippen molar-refractivity contribution in [1.29, 1.82) is 0 Å². The van der Waals surface area contributed by atoms with Crippen molar-refractivity contribution in [2.24, 2.45) is 0 Å². The third kappa shape index (κ3) is 5.50. The Hall–Kier alpha value is -2.83. The molecule has 0 bridgehead atoms. The van der Waals surface area contributed by atoms with Gasteiger partial charge in [0, 0.05) is 5.02 Å². The molecule has 0 fully saturated rings. The minimum absolute atomic E-state index is 0.0673. The van der Waals surface area contributed by atoms with E-state index in [0.29, 0.717) is 10.7 Å². The summed E-state index contributed by atoms with van der Waals surface area (Å²) in [7, 11) is -3.98. The molecule has 3 rings (SSSR count). The largest absolute Gasteiger partial charge is 0.348 e. The van der Waals surface area contributed by atoms with Crippen LogP contribution in [0.2, 0.25) is 5.02 Å². The maximum Gasteiger partial charge on any atom is 0.264 e. The van der Waals surface area contributed by atoms with E-state index < -0.39 is 15.9 Å². The number of halogens is 1. The molecule has 32 heavy (non-hydrogen) atoms. The van der Waals surface area contributed by atoms with E-state index in [0.717, 1.165) is 26.6 Å². The number of carbonyl (C=O) groups is 1. The van der Waals surface area contributed by atoms with E-state index in [9.17, 15) is 13.2 Å². The summed E-state index contributed by atoms with van der Waals surface area (Å²) in [5.74, 6) is -0.393. The maximum atomic E-state index is 13.4. The van der Waals surface area contributed by atoms with Crippen LogP contribution in [-0.2, 0) is 14.8 Å². The van der Waals surface area contributed by atoms with Crippen molar-refractivity contribution in [2.45, 2.75) is 38.6 Å². The van der Waals surface area contributed by atoms with Crippen LogP contribution in [-0.4, -0.2) is 20.9 Å². The summed E-state index contributed by atoms with van der Waals surface area (Å²) in [6.45, 7) is 7.47. The van der Waals surface area contributed by atoms with Crippen molar-refractivity contribution < 1.29 is 13.2 Å². The van der Waals surface area contributed by atoms with Gasteiger partial charge in [0.2, 0.25) is 5.91 Å². The normalized spacial score (nSPS) is 12.3. The predicted octanol–water partition coefficient (Wildman–Crippen LogP) is 5.34. The lowest BCUT2D eigenvalue weighted by molar-refractivity contribution is -0.120. The third-order valence-electron chi connectivity index (χ3n) is 5.28. The molecule has 3 aromatic rings. The molecule has 0 saturated carbocycles. The minimum Gasteiger partial charge on any atom is -0.348 e. The van der Waals surface area contributed by atoms with Gasteiger partial charge >= 0.3 is 0 Å². The number of nitrogens with one attached hydrogen (secondary N) is 1. The summed E-state index contributed by atoms with van der Waals surface area (Å²) < 4.78 is 28.0. The average Bonchev–Trinajstić information content (AvgIpc) is 2.73. The number of rotatable bonds is 7. The quantitative estimate of drug-likeness (QED) is 0.507. The van der Waals surface area contributed by atoms with Gasteiger partial charge in [0.15, 0.2) is 0 Å². The van der Waals surface area contributed by atoms with Crippen LogP contribution in [0, 0.1) is 20.8 Å². The fraction of sp³-hybridized carbons (Fsp3) is 0.240. The van der Waals surface area contributed by atoms with Crippen LogP contribution >= 0.6 is 11.6 Å². The molecule has 0 aliphatic heterocycles. The maximum absolute atomic E-state index is 13.4. The van der Waals surface area contributed by atoms with Gasteiger partial charge in [-0.1, -0.05) is 53.1 Å². The number of sulfonamides is 1. The van der Waals surface area contributed by atoms with E-state index in [4.69, 9.17) is 11.6 Å². The average molecular weight is 471 g/mol. The summed E-state index contributed by atoms with van der Waals surface area (Å²) in [4.78, 5) is 13.0. The second kappa shape index (κ2) is 9.76. The highest BCUT2D eigenvalue weighted by molar-refractivity contribution is 7.92. The monoisotopic (exact) mass is 470 g/mol. The van der Waals surface area contributed by atoms with Crippen LogP contribution in [0.3, 0.4) is 0 Å². The second-order valence-electron chi connectivity index (χ2n) is 7.95. The van der Waals surface area contributed by atoms with E-state index in [-0.39, 0.29) is 17.5 Å².